The zero-order valence-electron chi connectivity index (χ0n) is 18.6. The summed E-state index contributed by atoms with van der Waals surface area (Å²) in [4.78, 5) is 12.7. The number of aryl methyl sites for hydroxylation is 1. The van der Waals surface area contributed by atoms with Gasteiger partial charge in [0.25, 0.3) is 0 Å². The molecule has 1 aromatic heterocycles. The number of fused-ring (bicyclic) bond motifs is 1. The quantitative estimate of drug-likeness (QED) is 0.243. The Labute approximate surface area is 208 Å². The molecule has 0 bridgehead atoms. The molecule has 180 valence electrons. The van der Waals surface area contributed by atoms with Crippen LogP contribution in [0.1, 0.15) is 21.6 Å². The van der Waals surface area contributed by atoms with Gasteiger partial charge in [0.1, 0.15) is 5.75 Å². The third-order valence-corrected chi connectivity index (χ3v) is 7.32. The maximum Gasteiger partial charge on any atom is 0.416 e. The number of alkyl halides is 3. The number of carboxylic acid groups (broad SMARTS) is 1. The Balaban J connectivity index is 1.59. The van der Waals surface area contributed by atoms with Crippen LogP contribution in [0.5, 0.6) is 5.75 Å². The first-order chi connectivity index (χ1) is 16.7. The van der Waals surface area contributed by atoms with Gasteiger partial charge in [0, 0.05) is 20.2 Å². The molecular weight excluding hydrogens is 493 g/mol. The van der Waals surface area contributed by atoms with Crippen LogP contribution < -0.4 is 4.74 Å². The summed E-state index contributed by atoms with van der Waals surface area (Å²) >= 11 is 3.18. The summed E-state index contributed by atoms with van der Waals surface area (Å²) in [6.45, 7) is 1.45. The highest BCUT2D eigenvalue weighted by molar-refractivity contribution is 7.99. The van der Waals surface area contributed by atoms with Gasteiger partial charge < -0.3 is 9.84 Å². The average molecular weight is 515 g/mol. The van der Waals surface area contributed by atoms with Crippen molar-refractivity contribution in [2.45, 2.75) is 18.0 Å². The van der Waals surface area contributed by atoms with Crippen LogP contribution in [0.25, 0.3) is 15.7 Å². The zero-order chi connectivity index (χ0) is 25.0. The molecule has 0 aliphatic rings. The van der Waals surface area contributed by atoms with Gasteiger partial charge in [0.15, 0.2) is 6.61 Å². The molecule has 1 N–H and O–H groups in total. The molecule has 0 atom stereocenters. The van der Waals surface area contributed by atoms with Crippen LogP contribution in [0.3, 0.4) is 0 Å². The van der Waals surface area contributed by atoms with E-state index in [2.05, 4.69) is 6.07 Å². The van der Waals surface area contributed by atoms with Gasteiger partial charge in [-0.3, -0.25) is 0 Å². The fourth-order valence-electron chi connectivity index (χ4n) is 3.55. The molecule has 3 aromatic carbocycles. The summed E-state index contributed by atoms with van der Waals surface area (Å²) in [5, 5.41) is 9.88. The summed E-state index contributed by atoms with van der Waals surface area (Å²) in [5.41, 5.74) is 1.75. The second-order valence-electron chi connectivity index (χ2n) is 7.76. The molecule has 0 aliphatic heterocycles. The minimum atomic E-state index is -4.38. The van der Waals surface area contributed by atoms with E-state index in [0.29, 0.717) is 11.5 Å². The molecule has 8 heteroatoms. The first kappa shape index (κ1) is 24.9. The van der Waals surface area contributed by atoms with E-state index >= 15 is 0 Å². The largest absolute Gasteiger partial charge is 0.482 e. The molecule has 0 fully saturated rings. The number of halogens is 3. The fraction of sp³-hybridized carbons (Fsp3) is 0.148. The number of rotatable bonds is 8. The highest BCUT2D eigenvalue weighted by Crippen LogP contribution is 2.36. The lowest BCUT2D eigenvalue weighted by Gasteiger charge is -2.11. The lowest BCUT2D eigenvalue weighted by atomic mass is 10.0. The van der Waals surface area contributed by atoms with Crippen LogP contribution in [0.2, 0.25) is 0 Å². The molecule has 0 amide bonds. The second kappa shape index (κ2) is 10.6. The van der Waals surface area contributed by atoms with Crippen molar-refractivity contribution in [3.8, 4) is 5.75 Å². The fourth-order valence-corrected chi connectivity index (χ4v) is 5.54. The first-order valence-corrected chi connectivity index (χ1v) is 12.5. The highest BCUT2D eigenvalue weighted by Gasteiger charge is 2.30. The van der Waals surface area contributed by atoms with Gasteiger partial charge in [-0.1, -0.05) is 36.4 Å². The van der Waals surface area contributed by atoms with Crippen LogP contribution in [0.15, 0.2) is 83.8 Å². The third-order valence-electron chi connectivity index (χ3n) is 5.25. The molecule has 0 saturated carbocycles. The van der Waals surface area contributed by atoms with Crippen molar-refractivity contribution in [2.75, 3.05) is 12.4 Å². The number of hydrogen-bond acceptors (Lipinski definition) is 4. The number of aliphatic carboxylic acids is 1. The maximum atomic E-state index is 13.1. The lowest BCUT2D eigenvalue weighted by molar-refractivity contribution is -0.139. The number of thiophene rings is 1. The summed E-state index contributed by atoms with van der Waals surface area (Å²) < 4.78 is 45.6. The standard InChI is InChI=1S/C27H21F3O3S2/c1-17-14-21(10-11-23(17)33-16-26(31)32)34-13-12-22(18-6-8-20(9-7-18)27(28,29)30)25-15-19-4-2-3-5-24(19)35-25/h2-12,14-15H,13,16H2,1H3,(H,31,32). The number of hydrogen-bond donors (Lipinski definition) is 1. The van der Waals surface area contributed by atoms with E-state index in [1.165, 1.54) is 12.1 Å². The maximum absolute atomic E-state index is 13.1. The number of ether oxygens (including phenoxy) is 1. The van der Waals surface area contributed by atoms with E-state index in [4.69, 9.17) is 9.84 Å². The lowest BCUT2D eigenvalue weighted by Crippen LogP contribution is -2.09. The van der Waals surface area contributed by atoms with Crippen LogP contribution >= 0.6 is 23.1 Å². The average Bonchev–Trinajstić information content (AvgIpc) is 3.24. The van der Waals surface area contributed by atoms with Gasteiger partial charge in [-0.25, -0.2) is 4.79 Å². The van der Waals surface area contributed by atoms with Crippen molar-refractivity contribution in [3.63, 3.8) is 0 Å². The minimum absolute atomic E-state index is 0.401. The molecule has 1 heterocycles. The van der Waals surface area contributed by atoms with E-state index in [9.17, 15) is 18.0 Å². The highest BCUT2D eigenvalue weighted by atomic mass is 32.2. The van der Waals surface area contributed by atoms with Gasteiger partial charge in [0.2, 0.25) is 0 Å². The predicted molar refractivity (Wildman–Crippen MR) is 135 cm³/mol. The molecule has 0 spiro atoms. The van der Waals surface area contributed by atoms with Crippen LogP contribution in [-0.2, 0) is 11.0 Å². The summed E-state index contributed by atoms with van der Waals surface area (Å²) in [7, 11) is 0. The Morgan fingerprint density at radius 1 is 1.06 bits per heavy atom. The normalized spacial score (nSPS) is 12.2. The van der Waals surface area contributed by atoms with Gasteiger partial charge >= 0.3 is 12.1 Å². The molecule has 0 aliphatic carbocycles. The Bertz CT molecular complexity index is 1340. The van der Waals surface area contributed by atoms with Crippen molar-refractivity contribution in [3.05, 3.63) is 100 Å². The Hall–Kier alpha value is -3.23. The summed E-state index contributed by atoms with van der Waals surface area (Å²) in [6, 6.07) is 20.8. The Kier molecular flexibility index (Phi) is 7.52. The molecule has 0 saturated heterocycles. The number of carbonyl (C=O) groups is 1. The Morgan fingerprint density at radius 3 is 2.46 bits per heavy atom. The zero-order valence-corrected chi connectivity index (χ0v) is 20.3. The molecule has 35 heavy (non-hydrogen) atoms. The molecule has 3 nitrogen and oxygen atoms in total. The smallest absolute Gasteiger partial charge is 0.416 e. The molecule has 4 rings (SSSR count). The second-order valence-corrected chi connectivity index (χ2v) is 9.94. The monoisotopic (exact) mass is 514 g/mol. The molecule has 4 aromatic rings. The van der Waals surface area contributed by atoms with Crippen molar-refractivity contribution < 1.29 is 27.8 Å². The third kappa shape index (κ3) is 6.26. The van der Waals surface area contributed by atoms with Gasteiger partial charge in [-0.2, -0.15) is 13.2 Å². The Morgan fingerprint density at radius 2 is 1.80 bits per heavy atom. The van der Waals surface area contributed by atoms with E-state index in [1.807, 2.05) is 49.4 Å². The van der Waals surface area contributed by atoms with E-state index in [-0.39, 0.29) is 0 Å². The van der Waals surface area contributed by atoms with Crippen molar-refractivity contribution in [2.24, 2.45) is 0 Å². The van der Waals surface area contributed by atoms with Gasteiger partial charge in [0.05, 0.1) is 5.56 Å². The predicted octanol–water partition coefficient (Wildman–Crippen LogP) is 7.92. The van der Waals surface area contributed by atoms with E-state index in [0.717, 1.165) is 48.7 Å². The van der Waals surface area contributed by atoms with Crippen molar-refractivity contribution in [1.29, 1.82) is 0 Å². The molecular formula is C27H21F3O3S2. The molecule has 0 unspecified atom stereocenters. The SMILES string of the molecule is Cc1cc(SCC=C(c2ccc(C(F)(F)F)cc2)c2cc3ccccc3s2)ccc1OCC(=O)O. The molecule has 0 radical (unpaired) electrons. The van der Waals surface area contributed by atoms with E-state index < -0.39 is 24.3 Å². The number of benzene rings is 3. The van der Waals surface area contributed by atoms with Crippen LogP contribution in [-0.4, -0.2) is 23.4 Å². The van der Waals surface area contributed by atoms with Crippen molar-refractivity contribution in [1.82, 2.24) is 0 Å². The summed E-state index contributed by atoms with van der Waals surface area (Å²) in [6.07, 6.45) is -2.35. The topological polar surface area (TPSA) is 46.5 Å². The van der Waals surface area contributed by atoms with Gasteiger partial charge in [-0.15, -0.1) is 23.1 Å². The van der Waals surface area contributed by atoms with Crippen LogP contribution in [0.4, 0.5) is 13.2 Å². The first-order valence-electron chi connectivity index (χ1n) is 10.7. The van der Waals surface area contributed by atoms with E-state index in [1.54, 1.807) is 29.2 Å². The van der Waals surface area contributed by atoms with Gasteiger partial charge in [-0.05, 0) is 71.5 Å². The van der Waals surface area contributed by atoms with Crippen LogP contribution in [0, 0.1) is 6.92 Å². The number of thioether (sulfide) groups is 1. The number of carboxylic acids is 1. The van der Waals surface area contributed by atoms with Crippen molar-refractivity contribution >= 4 is 44.7 Å². The minimum Gasteiger partial charge on any atom is -0.482 e. The summed E-state index contributed by atoms with van der Waals surface area (Å²) in [5.74, 6) is 0.0763.